The Labute approximate surface area is 127 Å². The number of benzene rings is 1. The third-order valence-electron chi connectivity index (χ3n) is 3.06. The van der Waals surface area contributed by atoms with Gasteiger partial charge in [0.1, 0.15) is 0 Å². The monoisotopic (exact) mass is 303 g/mol. The molecular formula is C16H17NO5. The summed E-state index contributed by atoms with van der Waals surface area (Å²) in [7, 11) is 0. The lowest BCUT2D eigenvalue weighted by Crippen LogP contribution is -2.17. The number of carbonyl (C=O) groups excluding carboxylic acids is 3. The summed E-state index contributed by atoms with van der Waals surface area (Å²) in [5, 5.41) is 0.490. The molecule has 6 nitrogen and oxygen atoms in total. The number of carbonyl (C=O) groups is 3. The molecule has 1 N–H and O–H groups in total. The minimum atomic E-state index is -0.899. The summed E-state index contributed by atoms with van der Waals surface area (Å²) in [4.78, 5) is 38.5. The minimum Gasteiger partial charge on any atom is -0.462 e. The van der Waals surface area contributed by atoms with Crippen LogP contribution in [0.1, 0.15) is 41.0 Å². The average Bonchev–Trinajstić information content (AvgIpc) is 2.95. The van der Waals surface area contributed by atoms with E-state index in [4.69, 9.17) is 9.47 Å². The molecule has 0 saturated carbocycles. The number of nitrogens with one attached hydrogen (secondary N) is 1. The summed E-state index contributed by atoms with van der Waals surface area (Å²) in [5.41, 5.74) is 1.16. The number of rotatable bonds is 6. The van der Waals surface area contributed by atoms with E-state index < -0.39 is 17.7 Å². The van der Waals surface area contributed by atoms with E-state index >= 15 is 0 Å². The summed E-state index contributed by atoms with van der Waals surface area (Å²) < 4.78 is 9.78. The Morgan fingerprint density at radius 1 is 1.14 bits per heavy atom. The van der Waals surface area contributed by atoms with E-state index in [2.05, 4.69) is 4.98 Å². The van der Waals surface area contributed by atoms with Gasteiger partial charge in [0.15, 0.2) is 0 Å². The maximum Gasteiger partial charge on any atom is 0.379 e. The van der Waals surface area contributed by atoms with Crippen LogP contribution in [0.2, 0.25) is 0 Å². The molecule has 0 fully saturated rings. The Hall–Kier alpha value is -2.63. The van der Waals surface area contributed by atoms with Crippen molar-refractivity contribution in [2.24, 2.45) is 0 Å². The molecule has 116 valence electrons. The van der Waals surface area contributed by atoms with Gasteiger partial charge in [0.05, 0.1) is 24.3 Å². The van der Waals surface area contributed by atoms with Crippen molar-refractivity contribution in [3.8, 4) is 0 Å². The number of ketones is 1. The molecule has 0 spiro atoms. The molecule has 0 radical (unpaired) electrons. The molecule has 2 rings (SSSR count). The summed E-state index contributed by atoms with van der Waals surface area (Å²) >= 11 is 0. The Bertz CT molecular complexity index is 716. The third-order valence-corrected chi connectivity index (χ3v) is 3.06. The molecule has 0 amide bonds. The van der Waals surface area contributed by atoms with Crippen molar-refractivity contribution in [1.82, 2.24) is 4.98 Å². The second kappa shape index (κ2) is 6.89. The van der Waals surface area contributed by atoms with Gasteiger partial charge in [-0.2, -0.15) is 0 Å². The van der Waals surface area contributed by atoms with Gasteiger partial charge in [-0.1, -0.05) is 6.92 Å². The summed E-state index contributed by atoms with van der Waals surface area (Å²) in [6.07, 6.45) is 2.08. The third kappa shape index (κ3) is 3.16. The first-order chi connectivity index (χ1) is 10.6. The molecule has 0 aliphatic rings. The number of Topliss-reactive ketones (excluding diaryl/α,β-unsaturated/α-hetero) is 1. The smallest absolute Gasteiger partial charge is 0.379 e. The maximum atomic E-state index is 12.1. The van der Waals surface area contributed by atoms with Crippen LogP contribution < -0.4 is 0 Å². The fraction of sp³-hybridized carbons (Fsp3) is 0.312. The first-order valence-electron chi connectivity index (χ1n) is 7.08. The van der Waals surface area contributed by atoms with Crippen molar-refractivity contribution >= 4 is 28.6 Å². The van der Waals surface area contributed by atoms with Gasteiger partial charge in [0.25, 0.3) is 5.78 Å². The minimum absolute atomic E-state index is 0.183. The molecule has 6 heteroatoms. The first kappa shape index (κ1) is 15.8. The van der Waals surface area contributed by atoms with Crippen LogP contribution in [0.4, 0.5) is 0 Å². The van der Waals surface area contributed by atoms with Gasteiger partial charge in [-0.25, -0.2) is 9.59 Å². The maximum absolute atomic E-state index is 12.1. The number of ether oxygens (including phenoxy) is 2. The van der Waals surface area contributed by atoms with Gasteiger partial charge in [0, 0.05) is 17.1 Å². The highest BCUT2D eigenvalue weighted by atomic mass is 16.5. The molecule has 1 aromatic heterocycles. The Kier molecular flexibility index (Phi) is 4.93. The normalized spacial score (nSPS) is 10.5. The second-order valence-electron chi connectivity index (χ2n) is 4.65. The highest BCUT2D eigenvalue weighted by molar-refractivity contribution is 6.43. The highest BCUT2D eigenvalue weighted by Crippen LogP contribution is 2.21. The zero-order chi connectivity index (χ0) is 16.1. The molecule has 0 atom stereocenters. The SMILES string of the molecule is CCCOC(=O)C(=O)c1c[nH]c2ccc(C(=O)OCC)cc12. The van der Waals surface area contributed by atoms with Crippen LogP contribution in [0.15, 0.2) is 24.4 Å². The van der Waals surface area contributed by atoms with Crippen LogP contribution in [-0.2, 0) is 14.3 Å². The molecule has 1 heterocycles. The average molecular weight is 303 g/mol. The van der Waals surface area contributed by atoms with Crippen molar-refractivity contribution in [1.29, 1.82) is 0 Å². The molecule has 0 saturated heterocycles. The van der Waals surface area contributed by atoms with Crippen LogP contribution in [0.3, 0.4) is 0 Å². The van der Waals surface area contributed by atoms with E-state index in [1.54, 1.807) is 19.1 Å². The second-order valence-corrected chi connectivity index (χ2v) is 4.65. The van der Waals surface area contributed by atoms with E-state index in [9.17, 15) is 14.4 Å². The predicted octanol–water partition coefficient (Wildman–Crippen LogP) is 2.48. The standard InChI is InChI=1S/C16H17NO5/c1-3-7-22-16(20)14(18)12-9-17-13-6-5-10(8-11(12)13)15(19)21-4-2/h5-6,8-9,17H,3-4,7H2,1-2H3. The van der Waals surface area contributed by atoms with Crippen LogP contribution in [0.25, 0.3) is 10.9 Å². The molecule has 0 aliphatic carbocycles. The quantitative estimate of drug-likeness (QED) is 0.503. The number of H-pyrrole nitrogens is 1. The fourth-order valence-electron chi connectivity index (χ4n) is 2.02. The van der Waals surface area contributed by atoms with Crippen LogP contribution in [0.5, 0.6) is 0 Å². The summed E-state index contributed by atoms with van der Waals surface area (Å²) in [6, 6.07) is 4.79. The van der Waals surface area contributed by atoms with E-state index in [-0.39, 0.29) is 18.8 Å². The van der Waals surface area contributed by atoms with E-state index in [1.807, 2.05) is 6.92 Å². The molecular weight excluding hydrogens is 286 g/mol. The predicted molar refractivity (Wildman–Crippen MR) is 79.8 cm³/mol. The van der Waals surface area contributed by atoms with Gasteiger partial charge >= 0.3 is 11.9 Å². The molecule has 2 aromatic rings. The van der Waals surface area contributed by atoms with E-state index in [0.29, 0.717) is 22.9 Å². The number of aromatic amines is 1. The van der Waals surface area contributed by atoms with Gasteiger partial charge in [-0.3, -0.25) is 4.79 Å². The van der Waals surface area contributed by atoms with Crippen molar-refractivity contribution < 1.29 is 23.9 Å². The van der Waals surface area contributed by atoms with Crippen molar-refractivity contribution in [3.63, 3.8) is 0 Å². The fourth-order valence-corrected chi connectivity index (χ4v) is 2.02. The lowest BCUT2D eigenvalue weighted by atomic mass is 10.1. The number of fused-ring (bicyclic) bond motifs is 1. The van der Waals surface area contributed by atoms with Crippen molar-refractivity contribution in [2.75, 3.05) is 13.2 Å². The van der Waals surface area contributed by atoms with Crippen molar-refractivity contribution in [2.45, 2.75) is 20.3 Å². The molecule has 0 bridgehead atoms. The lowest BCUT2D eigenvalue weighted by molar-refractivity contribution is -0.138. The van der Waals surface area contributed by atoms with Gasteiger partial charge in [-0.05, 0) is 31.5 Å². The largest absolute Gasteiger partial charge is 0.462 e. The zero-order valence-corrected chi connectivity index (χ0v) is 12.5. The molecule has 0 aliphatic heterocycles. The van der Waals surface area contributed by atoms with Gasteiger partial charge in [0.2, 0.25) is 0 Å². The molecule has 1 aromatic carbocycles. The van der Waals surface area contributed by atoms with Gasteiger partial charge in [-0.15, -0.1) is 0 Å². The van der Waals surface area contributed by atoms with E-state index in [0.717, 1.165) is 0 Å². The van der Waals surface area contributed by atoms with Crippen LogP contribution in [-0.4, -0.2) is 35.9 Å². The van der Waals surface area contributed by atoms with Crippen LogP contribution >= 0.6 is 0 Å². The summed E-state index contributed by atoms with van der Waals surface area (Å²) in [6.45, 7) is 4.01. The Morgan fingerprint density at radius 2 is 1.91 bits per heavy atom. The van der Waals surface area contributed by atoms with Gasteiger partial charge < -0.3 is 14.5 Å². The van der Waals surface area contributed by atoms with Crippen molar-refractivity contribution in [3.05, 3.63) is 35.5 Å². The first-order valence-corrected chi connectivity index (χ1v) is 7.08. The molecule has 22 heavy (non-hydrogen) atoms. The number of hydrogen-bond acceptors (Lipinski definition) is 5. The highest BCUT2D eigenvalue weighted by Gasteiger charge is 2.22. The Morgan fingerprint density at radius 3 is 2.59 bits per heavy atom. The topological polar surface area (TPSA) is 85.5 Å². The Balaban J connectivity index is 2.34. The van der Waals surface area contributed by atoms with E-state index in [1.165, 1.54) is 12.3 Å². The molecule has 0 unspecified atom stereocenters. The lowest BCUT2D eigenvalue weighted by Gasteiger charge is -2.03. The number of esters is 2. The summed E-state index contributed by atoms with van der Waals surface area (Å²) in [5.74, 6) is -2.11. The zero-order valence-electron chi connectivity index (χ0n) is 12.5. The van der Waals surface area contributed by atoms with Crippen LogP contribution in [0, 0.1) is 0 Å². The number of aromatic nitrogens is 1. The number of hydrogen-bond donors (Lipinski definition) is 1.